The molecule has 2 rings (SSSR count). The van der Waals surface area contributed by atoms with Gasteiger partial charge in [-0.1, -0.05) is 13.8 Å². The van der Waals surface area contributed by atoms with Crippen molar-refractivity contribution in [2.24, 2.45) is 5.73 Å². The van der Waals surface area contributed by atoms with Crippen LogP contribution in [0.5, 0.6) is 11.5 Å². The van der Waals surface area contributed by atoms with Gasteiger partial charge in [0, 0.05) is 12.1 Å². The number of nitrogens with one attached hydrogen (secondary N) is 1. The van der Waals surface area contributed by atoms with Crippen LogP contribution in [0.4, 0.5) is 0 Å². The van der Waals surface area contributed by atoms with Crippen molar-refractivity contribution in [2.45, 2.75) is 39.2 Å². The SMILES string of the molecule is CCC(CC)(CN)NC(=O)c1sc(-c2ccc(OC)c(OC)c2)nc1C. The van der Waals surface area contributed by atoms with E-state index in [1.54, 1.807) is 14.2 Å². The zero-order valence-corrected chi connectivity index (χ0v) is 16.8. The van der Waals surface area contributed by atoms with Crippen molar-refractivity contribution in [1.29, 1.82) is 0 Å². The van der Waals surface area contributed by atoms with Crippen LogP contribution in [0.25, 0.3) is 10.6 Å². The van der Waals surface area contributed by atoms with Crippen molar-refractivity contribution in [3.63, 3.8) is 0 Å². The average molecular weight is 378 g/mol. The summed E-state index contributed by atoms with van der Waals surface area (Å²) in [5, 5.41) is 3.87. The van der Waals surface area contributed by atoms with Crippen LogP contribution in [0.15, 0.2) is 18.2 Å². The van der Waals surface area contributed by atoms with Crippen molar-refractivity contribution in [2.75, 3.05) is 20.8 Å². The van der Waals surface area contributed by atoms with E-state index in [-0.39, 0.29) is 11.4 Å². The highest BCUT2D eigenvalue weighted by molar-refractivity contribution is 7.17. The van der Waals surface area contributed by atoms with E-state index in [4.69, 9.17) is 15.2 Å². The molecule has 0 unspecified atom stereocenters. The lowest BCUT2D eigenvalue weighted by atomic mass is 9.93. The molecule has 1 amide bonds. The molecule has 0 aliphatic carbocycles. The molecule has 26 heavy (non-hydrogen) atoms. The lowest BCUT2D eigenvalue weighted by molar-refractivity contribution is 0.0898. The minimum Gasteiger partial charge on any atom is -0.493 e. The minimum atomic E-state index is -0.378. The van der Waals surface area contributed by atoms with Crippen LogP contribution in [0.2, 0.25) is 0 Å². The number of aryl methyl sites for hydroxylation is 1. The Balaban J connectivity index is 2.33. The molecule has 3 N–H and O–H groups in total. The third kappa shape index (κ3) is 3.99. The van der Waals surface area contributed by atoms with Crippen molar-refractivity contribution in [1.82, 2.24) is 10.3 Å². The van der Waals surface area contributed by atoms with Gasteiger partial charge in [-0.3, -0.25) is 4.79 Å². The number of nitrogens with two attached hydrogens (primary N) is 1. The predicted molar refractivity (Wildman–Crippen MR) is 105 cm³/mol. The van der Waals surface area contributed by atoms with E-state index in [9.17, 15) is 4.79 Å². The Hall–Kier alpha value is -2.12. The number of thiazole rings is 1. The first kappa shape index (κ1) is 20.2. The molecule has 0 saturated heterocycles. The predicted octanol–water partition coefficient (Wildman–Crippen LogP) is 3.38. The molecule has 0 aliphatic heterocycles. The first-order valence-corrected chi connectivity index (χ1v) is 9.47. The third-order valence-corrected chi connectivity index (χ3v) is 5.96. The summed E-state index contributed by atoms with van der Waals surface area (Å²) in [5.41, 5.74) is 7.10. The normalized spacial score (nSPS) is 11.3. The van der Waals surface area contributed by atoms with Crippen LogP contribution >= 0.6 is 11.3 Å². The standard InChI is InChI=1S/C19H27N3O3S/c1-6-19(7-2,11-20)22-17(23)16-12(3)21-18(26-16)13-8-9-14(24-4)15(10-13)25-5/h8-10H,6-7,11,20H2,1-5H3,(H,22,23). The number of carbonyl (C=O) groups excluding carboxylic acids is 1. The summed E-state index contributed by atoms with van der Waals surface area (Å²) in [6.45, 7) is 6.32. The zero-order valence-electron chi connectivity index (χ0n) is 16.0. The zero-order chi connectivity index (χ0) is 19.3. The molecule has 0 radical (unpaired) electrons. The summed E-state index contributed by atoms with van der Waals surface area (Å²) in [6, 6.07) is 5.60. The van der Waals surface area contributed by atoms with E-state index in [0.29, 0.717) is 28.6 Å². The van der Waals surface area contributed by atoms with Crippen molar-refractivity contribution in [3.8, 4) is 22.1 Å². The van der Waals surface area contributed by atoms with Crippen LogP contribution in [0, 0.1) is 6.92 Å². The number of nitrogens with zero attached hydrogens (tertiary/aromatic N) is 1. The lowest BCUT2D eigenvalue weighted by Gasteiger charge is -2.31. The van der Waals surface area contributed by atoms with Crippen LogP contribution in [-0.2, 0) is 0 Å². The Bertz CT molecular complexity index is 761. The van der Waals surface area contributed by atoms with Crippen molar-refractivity contribution < 1.29 is 14.3 Å². The summed E-state index contributed by atoms with van der Waals surface area (Å²) in [6.07, 6.45) is 1.57. The summed E-state index contributed by atoms with van der Waals surface area (Å²) in [4.78, 5) is 18.0. The van der Waals surface area contributed by atoms with Crippen LogP contribution in [-0.4, -0.2) is 37.2 Å². The molecule has 142 valence electrons. The fourth-order valence-electron chi connectivity index (χ4n) is 2.76. The molecule has 1 aromatic carbocycles. The number of carbonyl (C=O) groups is 1. The van der Waals surface area contributed by atoms with E-state index in [2.05, 4.69) is 10.3 Å². The van der Waals surface area contributed by atoms with Gasteiger partial charge in [-0.25, -0.2) is 4.98 Å². The number of hydrogen-bond donors (Lipinski definition) is 2. The Morgan fingerprint density at radius 2 is 1.88 bits per heavy atom. The average Bonchev–Trinajstić information content (AvgIpc) is 3.07. The quantitative estimate of drug-likeness (QED) is 0.736. The number of aromatic nitrogens is 1. The third-order valence-electron chi connectivity index (χ3n) is 4.76. The topological polar surface area (TPSA) is 86.5 Å². The second-order valence-corrected chi connectivity index (χ2v) is 7.15. The second-order valence-electron chi connectivity index (χ2n) is 6.15. The number of rotatable bonds is 8. The van der Waals surface area contributed by atoms with E-state index in [1.165, 1.54) is 11.3 Å². The Labute approximate surface area is 158 Å². The largest absolute Gasteiger partial charge is 0.493 e. The lowest BCUT2D eigenvalue weighted by Crippen LogP contribution is -2.52. The van der Waals surface area contributed by atoms with E-state index >= 15 is 0 Å². The number of ether oxygens (including phenoxy) is 2. The number of benzene rings is 1. The van der Waals surface area contributed by atoms with Gasteiger partial charge >= 0.3 is 0 Å². The molecule has 0 atom stereocenters. The van der Waals surface area contributed by atoms with Gasteiger partial charge in [0.2, 0.25) is 0 Å². The van der Waals surface area contributed by atoms with Gasteiger partial charge in [-0.05, 0) is 38.0 Å². The van der Waals surface area contributed by atoms with Gasteiger partial charge in [0.25, 0.3) is 5.91 Å². The number of methoxy groups -OCH3 is 2. The van der Waals surface area contributed by atoms with Gasteiger partial charge in [-0.2, -0.15) is 0 Å². The molecule has 0 spiro atoms. The van der Waals surface area contributed by atoms with Gasteiger partial charge in [0.05, 0.1) is 25.5 Å². The fourth-order valence-corrected chi connectivity index (χ4v) is 3.72. The summed E-state index contributed by atoms with van der Waals surface area (Å²) in [5.74, 6) is 1.16. The van der Waals surface area contributed by atoms with Crippen LogP contribution in [0.3, 0.4) is 0 Å². The Kier molecular flexibility index (Phi) is 6.61. The maximum atomic E-state index is 12.8. The van der Waals surface area contributed by atoms with Gasteiger partial charge < -0.3 is 20.5 Å². The fraction of sp³-hybridized carbons (Fsp3) is 0.474. The molecule has 7 heteroatoms. The first-order chi connectivity index (χ1) is 12.4. The highest BCUT2D eigenvalue weighted by atomic mass is 32.1. The molecular formula is C19H27N3O3S. The Morgan fingerprint density at radius 1 is 1.23 bits per heavy atom. The van der Waals surface area contributed by atoms with E-state index < -0.39 is 0 Å². The molecule has 6 nitrogen and oxygen atoms in total. The van der Waals surface area contributed by atoms with Crippen molar-refractivity contribution >= 4 is 17.2 Å². The van der Waals surface area contributed by atoms with Gasteiger partial charge in [-0.15, -0.1) is 11.3 Å². The highest BCUT2D eigenvalue weighted by Crippen LogP contribution is 2.35. The van der Waals surface area contributed by atoms with Crippen LogP contribution < -0.4 is 20.5 Å². The molecule has 2 aromatic rings. The summed E-state index contributed by atoms with van der Waals surface area (Å²) < 4.78 is 10.6. The first-order valence-electron chi connectivity index (χ1n) is 8.66. The van der Waals surface area contributed by atoms with E-state index in [1.807, 2.05) is 39.0 Å². The van der Waals surface area contributed by atoms with Gasteiger partial charge in [0.15, 0.2) is 11.5 Å². The maximum absolute atomic E-state index is 12.8. The Morgan fingerprint density at radius 3 is 2.42 bits per heavy atom. The van der Waals surface area contributed by atoms with Crippen molar-refractivity contribution in [3.05, 3.63) is 28.8 Å². The molecule has 0 bridgehead atoms. The van der Waals surface area contributed by atoms with Gasteiger partial charge in [0.1, 0.15) is 9.88 Å². The second kappa shape index (κ2) is 8.51. The number of amides is 1. The van der Waals surface area contributed by atoms with Crippen LogP contribution in [0.1, 0.15) is 42.1 Å². The molecular weight excluding hydrogens is 350 g/mol. The summed E-state index contributed by atoms with van der Waals surface area (Å²) >= 11 is 1.37. The molecule has 0 saturated carbocycles. The molecule has 0 aliphatic rings. The molecule has 1 heterocycles. The summed E-state index contributed by atoms with van der Waals surface area (Å²) in [7, 11) is 3.19. The monoisotopic (exact) mass is 377 g/mol. The highest BCUT2D eigenvalue weighted by Gasteiger charge is 2.28. The maximum Gasteiger partial charge on any atom is 0.263 e. The molecule has 1 aromatic heterocycles. The molecule has 0 fully saturated rings. The number of hydrogen-bond acceptors (Lipinski definition) is 6. The minimum absolute atomic E-state index is 0.124. The van der Waals surface area contributed by atoms with E-state index in [0.717, 1.165) is 23.4 Å². The smallest absolute Gasteiger partial charge is 0.263 e.